The average Bonchev–Trinajstić information content (AvgIpc) is 2.59. The summed E-state index contributed by atoms with van der Waals surface area (Å²) in [6.45, 7) is 3.61. The zero-order chi connectivity index (χ0) is 10.1. The Morgan fingerprint density at radius 2 is 2.07 bits per heavy atom. The van der Waals surface area contributed by atoms with Gasteiger partial charge in [-0.1, -0.05) is 24.8 Å². The summed E-state index contributed by atoms with van der Waals surface area (Å²) in [5.74, 6) is 0. The zero-order valence-corrected chi connectivity index (χ0v) is 8.14. The van der Waals surface area contributed by atoms with Crippen LogP contribution < -0.4 is 0 Å². The van der Waals surface area contributed by atoms with Crippen LogP contribution >= 0.6 is 11.6 Å². The molecular formula is C11H8ClNO. The number of nitrogens with one attached hydrogen (secondary N) is 1. The van der Waals surface area contributed by atoms with Gasteiger partial charge in [0.2, 0.25) is 0 Å². The lowest BCUT2D eigenvalue weighted by Crippen LogP contribution is -1.90. The highest BCUT2D eigenvalue weighted by molar-refractivity contribution is 6.74. The molecule has 70 valence electrons. The molecule has 1 aromatic carbocycles. The first-order chi connectivity index (χ1) is 6.68. The minimum absolute atomic E-state index is 0.294. The molecule has 1 N–H and O–H groups in total. The second-order valence-corrected chi connectivity index (χ2v) is 3.37. The molecule has 0 aliphatic carbocycles. The average molecular weight is 206 g/mol. The summed E-state index contributed by atoms with van der Waals surface area (Å²) >= 11 is 5.33. The molecular weight excluding hydrogens is 198 g/mol. The second kappa shape index (κ2) is 3.31. The topological polar surface area (TPSA) is 32.9 Å². The number of para-hydroxylation sites is 1. The Kier molecular flexibility index (Phi) is 2.14. The smallest absolute Gasteiger partial charge is 0.253 e. The van der Waals surface area contributed by atoms with Gasteiger partial charge in [0.1, 0.15) is 0 Å². The third kappa shape index (κ3) is 1.44. The van der Waals surface area contributed by atoms with Crippen molar-refractivity contribution >= 4 is 33.3 Å². The van der Waals surface area contributed by atoms with Gasteiger partial charge in [0.15, 0.2) is 0 Å². The lowest BCUT2D eigenvalue weighted by atomic mass is 10.2. The number of fused-ring (bicyclic) bond motifs is 1. The molecule has 2 rings (SSSR count). The van der Waals surface area contributed by atoms with Gasteiger partial charge in [0.25, 0.3) is 5.24 Å². The minimum Gasteiger partial charge on any atom is -0.354 e. The summed E-state index contributed by atoms with van der Waals surface area (Å²) in [5.41, 5.74) is 1.94. The monoisotopic (exact) mass is 205 g/mol. The van der Waals surface area contributed by atoms with Crippen molar-refractivity contribution in [3.8, 4) is 0 Å². The summed E-state index contributed by atoms with van der Waals surface area (Å²) in [5, 5.41) is 0.512. The van der Waals surface area contributed by atoms with Crippen LogP contribution in [0.5, 0.6) is 0 Å². The molecule has 2 aromatic rings. The Morgan fingerprint density at radius 1 is 1.36 bits per heavy atom. The van der Waals surface area contributed by atoms with Crippen LogP contribution in [0.4, 0.5) is 0 Å². The number of rotatable bonds is 2. The molecule has 0 amide bonds. The van der Waals surface area contributed by atoms with Crippen LogP contribution in [0, 0.1) is 0 Å². The number of hydrogen-bond acceptors (Lipinski definition) is 1. The predicted octanol–water partition coefficient (Wildman–Crippen LogP) is 2.95. The quantitative estimate of drug-likeness (QED) is 0.594. The fourth-order valence-corrected chi connectivity index (χ4v) is 1.44. The molecule has 14 heavy (non-hydrogen) atoms. The summed E-state index contributed by atoms with van der Waals surface area (Å²) in [4.78, 5) is 13.9. The second-order valence-electron chi connectivity index (χ2n) is 3.02. The molecule has 0 bridgehead atoms. The molecule has 0 radical (unpaired) electrons. The first-order valence-corrected chi connectivity index (χ1v) is 4.53. The van der Waals surface area contributed by atoms with Gasteiger partial charge in [-0.25, -0.2) is 0 Å². The van der Waals surface area contributed by atoms with Gasteiger partial charge >= 0.3 is 0 Å². The third-order valence-electron chi connectivity index (χ3n) is 2.09. The Hall–Kier alpha value is -1.54. The van der Waals surface area contributed by atoms with E-state index in [2.05, 4.69) is 11.6 Å². The fourth-order valence-electron chi connectivity index (χ4n) is 1.34. The molecule has 1 aromatic heterocycles. The van der Waals surface area contributed by atoms with E-state index in [1.54, 1.807) is 0 Å². The van der Waals surface area contributed by atoms with Crippen molar-refractivity contribution in [2.24, 2.45) is 0 Å². The van der Waals surface area contributed by atoms with E-state index in [1.807, 2.05) is 30.3 Å². The Labute approximate surface area is 86.2 Å². The van der Waals surface area contributed by atoms with Gasteiger partial charge in [0, 0.05) is 10.9 Å². The lowest BCUT2D eigenvalue weighted by molar-refractivity contribution is -0.106. The maximum Gasteiger partial charge on any atom is 0.253 e. The number of carbonyl (C=O) groups is 1. The van der Waals surface area contributed by atoms with Crippen LogP contribution in [0.1, 0.15) is 5.69 Å². The molecule has 0 saturated carbocycles. The van der Waals surface area contributed by atoms with Crippen molar-refractivity contribution in [3.63, 3.8) is 0 Å². The number of allylic oxidation sites excluding steroid dienone is 1. The number of hydrogen-bond donors (Lipinski definition) is 1. The van der Waals surface area contributed by atoms with E-state index in [0.717, 1.165) is 10.9 Å². The van der Waals surface area contributed by atoms with E-state index >= 15 is 0 Å². The standard InChI is InChI=1S/C11H8ClNO/c1-7(11(12)14)10-6-8-4-2-3-5-9(8)13-10/h2-6,13H,1H2. The fraction of sp³-hybridized carbons (Fsp3) is 0. The Bertz CT molecular complexity index is 480. The van der Waals surface area contributed by atoms with Crippen molar-refractivity contribution in [1.29, 1.82) is 0 Å². The molecule has 0 saturated heterocycles. The highest BCUT2D eigenvalue weighted by atomic mass is 35.5. The lowest BCUT2D eigenvalue weighted by Gasteiger charge is -1.93. The van der Waals surface area contributed by atoms with E-state index in [4.69, 9.17) is 11.6 Å². The molecule has 3 heteroatoms. The van der Waals surface area contributed by atoms with Gasteiger partial charge in [-0.05, 0) is 23.7 Å². The summed E-state index contributed by atoms with van der Waals surface area (Å²) in [6.07, 6.45) is 0. The maximum absolute atomic E-state index is 10.9. The van der Waals surface area contributed by atoms with E-state index in [-0.39, 0.29) is 0 Å². The van der Waals surface area contributed by atoms with Gasteiger partial charge in [-0.3, -0.25) is 4.79 Å². The normalized spacial score (nSPS) is 10.4. The van der Waals surface area contributed by atoms with Crippen molar-refractivity contribution in [2.45, 2.75) is 0 Å². The van der Waals surface area contributed by atoms with Crippen molar-refractivity contribution in [2.75, 3.05) is 0 Å². The molecule has 0 atom stereocenters. The molecule has 0 aliphatic heterocycles. The number of aromatic amines is 1. The van der Waals surface area contributed by atoms with E-state index in [9.17, 15) is 4.79 Å². The van der Waals surface area contributed by atoms with Crippen LogP contribution in [-0.2, 0) is 4.79 Å². The van der Waals surface area contributed by atoms with Crippen molar-refractivity contribution < 1.29 is 4.79 Å². The number of benzene rings is 1. The van der Waals surface area contributed by atoms with Crippen LogP contribution in [0.15, 0.2) is 36.9 Å². The van der Waals surface area contributed by atoms with Gasteiger partial charge in [-0.2, -0.15) is 0 Å². The van der Waals surface area contributed by atoms with Crippen LogP contribution in [-0.4, -0.2) is 10.2 Å². The van der Waals surface area contributed by atoms with Crippen LogP contribution in [0.3, 0.4) is 0 Å². The zero-order valence-electron chi connectivity index (χ0n) is 7.38. The first-order valence-electron chi connectivity index (χ1n) is 4.15. The molecule has 2 nitrogen and oxygen atoms in total. The molecule has 0 unspecified atom stereocenters. The first kappa shape index (κ1) is 9.03. The predicted molar refractivity (Wildman–Crippen MR) is 58.2 cm³/mol. The largest absolute Gasteiger partial charge is 0.354 e. The van der Waals surface area contributed by atoms with Crippen molar-refractivity contribution in [3.05, 3.63) is 42.6 Å². The SMILES string of the molecule is C=C(C(=O)Cl)c1cc2ccccc2[nH]1. The maximum atomic E-state index is 10.9. The highest BCUT2D eigenvalue weighted by Gasteiger charge is 2.08. The highest BCUT2D eigenvalue weighted by Crippen LogP contribution is 2.20. The van der Waals surface area contributed by atoms with Gasteiger partial charge in [-0.15, -0.1) is 0 Å². The number of carbonyl (C=O) groups excluding carboxylic acids is 1. The summed E-state index contributed by atoms with van der Waals surface area (Å²) < 4.78 is 0. The van der Waals surface area contributed by atoms with E-state index < -0.39 is 5.24 Å². The number of aromatic nitrogens is 1. The van der Waals surface area contributed by atoms with E-state index in [1.165, 1.54) is 0 Å². The summed E-state index contributed by atoms with van der Waals surface area (Å²) in [7, 11) is 0. The van der Waals surface area contributed by atoms with Gasteiger partial charge < -0.3 is 4.98 Å². The molecule has 0 aliphatic rings. The Morgan fingerprint density at radius 3 is 2.71 bits per heavy atom. The van der Waals surface area contributed by atoms with Crippen molar-refractivity contribution in [1.82, 2.24) is 4.98 Å². The molecule has 1 heterocycles. The number of halogens is 1. The third-order valence-corrected chi connectivity index (χ3v) is 2.32. The summed E-state index contributed by atoms with van der Waals surface area (Å²) in [6, 6.07) is 9.61. The van der Waals surface area contributed by atoms with Gasteiger partial charge in [0.05, 0.1) is 11.3 Å². The molecule has 0 fully saturated rings. The Balaban J connectivity index is 2.55. The van der Waals surface area contributed by atoms with Crippen LogP contribution in [0.25, 0.3) is 16.5 Å². The van der Waals surface area contributed by atoms with E-state index in [0.29, 0.717) is 11.3 Å². The molecule has 0 spiro atoms. The number of H-pyrrole nitrogens is 1. The van der Waals surface area contributed by atoms with Crippen LogP contribution in [0.2, 0.25) is 0 Å². The minimum atomic E-state index is -0.531.